The summed E-state index contributed by atoms with van der Waals surface area (Å²) < 4.78 is 21.4. The number of hydrogen-bond acceptors (Lipinski definition) is 2. The molecule has 0 rings (SSSR count). The van der Waals surface area contributed by atoms with E-state index in [1.54, 1.807) is 0 Å². The Balaban J connectivity index is 2.85. The van der Waals surface area contributed by atoms with Crippen molar-refractivity contribution in [3.63, 3.8) is 0 Å². The molecule has 0 fully saturated rings. The molecule has 0 aromatic rings. The molecule has 0 radical (unpaired) electrons. The highest BCUT2D eigenvalue weighted by atomic mass is 28.3. The summed E-state index contributed by atoms with van der Waals surface area (Å²) in [7, 11) is -3.29. The van der Waals surface area contributed by atoms with E-state index >= 15 is 0 Å². The predicted molar refractivity (Wildman–Crippen MR) is 10.9 cm³/mol. The summed E-state index contributed by atoms with van der Waals surface area (Å²) in [4.78, 5) is 7.31. The van der Waals surface area contributed by atoms with Gasteiger partial charge in [-0.2, -0.15) is 0 Å². The van der Waals surface area contributed by atoms with E-state index in [0.717, 1.165) is 0 Å². The minimum Gasteiger partial charge on any atom is -0.510 e. The Bertz CT molecular complexity index is 42.2. The smallest absolute Gasteiger partial charge is 0.510 e. The van der Waals surface area contributed by atoms with Gasteiger partial charge < -0.3 is 4.80 Å². The van der Waals surface area contributed by atoms with E-state index in [1.165, 1.54) is 0 Å². The van der Waals surface area contributed by atoms with E-state index in [-0.39, 0.29) is 0 Å². The molecular formula is HFO3Si. The SMILES string of the molecule is O=[Si](O)OF. The van der Waals surface area contributed by atoms with Gasteiger partial charge in [-0.25, -0.2) is 0 Å². The van der Waals surface area contributed by atoms with Crippen molar-refractivity contribution in [1.82, 2.24) is 0 Å². The third-order valence-electron chi connectivity index (χ3n) is 0.0660. The van der Waals surface area contributed by atoms with Crippen LogP contribution in [-0.2, 0) is 9.09 Å². The maximum Gasteiger partial charge on any atom is 0.803 e. The van der Waals surface area contributed by atoms with E-state index < -0.39 is 9.17 Å². The first-order valence-electron chi connectivity index (χ1n) is 0.786. The van der Waals surface area contributed by atoms with E-state index in [9.17, 15) is 4.53 Å². The van der Waals surface area contributed by atoms with Gasteiger partial charge in [0.1, 0.15) is 0 Å². The highest BCUT2D eigenvalue weighted by Gasteiger charge is 1.99. The maximum absolute atomic E-state index is 10.1. The van der Waals surface area contributed by atoms with Crippen molar-refractivity contribution in [2.75, 3.05) is 0 Å². The summed E-state index contributed by atoms with van der Waals surface area (Å²) in [5, 5.41) is 0. The lowest BCUT2D eigenvalue weighted by atomic mass is 15.6. The summed E-state index contributed by atoms with van der Waals surface area (Å²) in [6.07, 6.45) is 0. The lowest BCUT2D eigenvalue weighted by Gasteiger charge is -1.67. The highest BCUT2D eigenvalue weighted by molar-refractivity contribution is 6.23. The van der Waals surface area contributed by atoms with Crippen molar-refractivity contribution in [1.29, 1.82) is 0 Å². The third kappa shape index (κ3) is 3.55. The van der Waals surface area contributed by atoms with Gasteiger partial charge in [0, 0.05) is 4.53 Å². The summed E-state index contributed by atoms with van der Waals surface area (Å²) in [6, 6.07) is 0. The molecule has 3 nitrogen and oxygen atoms in total. The topological polar surface area (TPSA) is 46.5 Å². The molecule has 5 heteroatoms. The quantitative estimate of drug-likeness (QED) is 0.439. The first kappa shape index (κ1) is 4.55. The van der Waals surface area contributed by atoms with Crippen LogP contribution in [0.1, 0.15) is 0 Å². The molecule has 0 unspecified atom stereocenters. The second-order valence-electron chi connectivity index (χ2n) is 0.343. The van der Waals surface area contributed by atoms with Crippen molar-refractivity contribution in [2.24, 2.45) is 0 Å². The van der Waals surface area contributed by atoms with E-state index in [2.05, 4.69) is 4.63 Å². The van der Waals surface area contributed by atoms with Crippen LogP contribution in [0.25, 0.3) is 0 Å². The Morgan fingerprint density at radius 2 is 2.20 bits per heavy atom. The molecule has 0 heterocycles. The second-order valence-corrected chi connectivity index (χ2v) is 1.03. The van der Waals surface area contributed by atoms with Gasteiger partial charge in [0.25, 0.3) is 0 Å². The molecule has 0 atom stereocenters. The van der Waals surface area contributed by atoms with Crippen molar-refractivity contribution >= 4 is 9.17 Å². The van der Waals surface area contributed by atoms with E-state index in [4.69, 9.17) is 9.26 Å². The lowest BCUT2D eigenvalue weighted by molar-refractivity contribution is -0.0393. The number of halogens is 1. The predicted octanol–water partition coefficient (Wildman–Crippen LogP) is -0.705. The Morgan fingerprint density at radius 3 is 2.20 bits per heavy atom. The molecular weight excluding hydrogens is 95.1 g/mol. The third-order valence-corrected chi connectivity index (χ3v) is 0.198. The van der Waals surface area contributed by atoms with Gasteiger partial charge in [-0.3, -0.25) is 9.09 Å². The molecule has 0 aliphatic rings. The zero-order valence-corrected chi connectivity index (χ0v) is 3.14. The second kappa shape index (κ2) is 1.83. The molecule has 0 aliphatic heterocycles. The Kier molecular flexibility index (Phi) is 1.66. The standard InChI is InChI=1S/FHO3Si/c1-4-5(2)3/h2H. The van der Waals surface area contributed by atoms with Gasteiger partial charge in [0.15, 0.2) is 0 Å². The molecule has 0 spiro atoms. The van der Waals surface area contributed by atoms with Crippen LogP contribution in [-0.4, -0.2) is 14.0 Å². The minimum atomic E-state index is -3.29. The monoisotopic (exact) mass is 96.0 g/mol. The zero-order valence-electron chi connectivity index (χ0n) is 2.14. The number of rotatable bonds is 1. The fraction of sp³-hybridized carbons (Fsp3) is 0. The molecule has 1 N–H and O–H groups in total. The Morgan fingerprint density at radius 1 is 2.00 bits per heavy atom. The molecule has 0 saturated carbocycles. The average Bonchev–Trinajstić information content (AvgIpc) is 1.38. The molecule has 0 aliphatic carbocycles. The molecule has 0 bridgehead atoms. The molecule has 0 saturated heterocycles. The van der Waals surface area contributed by atoms with Gasteiger partial charge in [0.05, 0.1) is 0 Å². The van der Waals surface area contributed by atoms with Crippen molar-refractivity contribution in [3.05, 3.63) is 0 Å². The Hall–Kier alpha value is -0.453. The first-order chi connectivity index (χ1) is 2.27. The van der Waals surface area contributed by atoms with Crippen LogP contribution in [0.5, 0.6) is 0 Å². The summed E-state index contributed by atoms with van der Waals surface area (Å²) in [6.45, 7) is 0. The van der Waals surface area contributed by atoms with Crippen LogP contribution < -0.4 is 0 Å². The van der Waals surface area contributed by atoms with Crippen LogP contribution >= 0.6 is 0 Å². The summed E-state index contributed by atoms with van der Waals surface area (Å²) >= 11 is 0. The molecule has 0 aromatic carbocycles. The fourth-order valence-electron chi connectivity index (χ4n) is 0. The van der Waals surface area contributed by atoms with Crippen LogP contribution in [0.3, 0.4) is 0 Å². The van der Waals surface area contributed by atoms with Crippen LogP contribution in [0.4, 0.5) is 4.53 Å². The van der Waals surface area contributed by atoms with Crippen molar-refractivity contribution < 1.29 is 18.4 Å². The maximum atomic E-state index is 10.1. The summed E-state index contributed by atoms with van der Waals surface area (Å²) in [5.41, 5.74) is 0. The van der Waals surface area contributed by atoms with Gasteiger partial charge in [-0.15, -0.1) is 0 Å². The van der Waals surface area contributed by atoms with Gasteiger partial charge >= 0.3 is 9.17 Å². The zero-order chi connectivity index (χ0) is 4.28. The lowest BCUT2D eigenvalue weighted by Crippen LogP contribution is -1.94. The largest absolute Gasteiger partial charge is 0.803 e. The number of hydrogen-bond donors (Lipinski definition) is 1. The van der Waals surface area contributed by atoms with E-state index in [0.29, 0.717) is 0 Å². The molecule has 30 valence electrons. The van der Waals surface area contributed by atoms with Crippen molar-refractivity contribution in [3.8, 4) is 0 Å². The van der Waals surface area contributed by atoms with Gasteiger partial charge in [-0.05, 0) is 0 Å². The van der Waals surface area contributed by atoms with Crippen molar-refractivity contribution in [2.45, 2.75) is 0 Å². The highest BCUT2D eigenvalue weighted by Crippen LogP contribution is 1.62. The summed E-state index contributed by atoms with van der Waals surface area (Å²) in [5.74, 6) is 0. The normalized spacial score (nSPS) is 6.60. The first-order valence-corrected chi connectivity index (χ1v) is 2.05. The molecule has 5 heavy (non-hydrogen) atoms. The molecule has 0 aromatic heterocycles. The van der Waals surface area contributed by atoms with Crippen LogP contribution in [0.2, 0.25) is 0 Å². The minimum absolute atomic E-state index is 2.35. The Labute approximate surface area is 28.8 Å². The van der Waals surface area contributed by atoms with Gasteiger partial charge in [0.2, 0.25) is 0 Å². The molecule has 0 amide bonds. The van der Waals surface area contributed by atoms with Gasteiger partial charge in [-0.1, -0.05) is 0 Å². The average molecular weight is 96.1 g/mol. The van der Waals surface area contributed by atoms with E-state index in [1.807, 2.05) is 0 Å². The van der Waals surface area contributed by atoms with Crippen LogP contribution in [0, 0.1) is 0 Å². The van der Waals surface area contributed by atoms with Crippen LogP contribution in [0.15, 0.2) is 0 Å². The fourth-order valence-corrected chi connectivity index (χ4v) is 0.